The summed E-state index contributed by atoms with van der Waals surface area (Å²) in [5.41, 5.74) is 4.47. The first kappa shape index (κ1) is 12.3. The normalized spacial score (nSPS) is 13.8. The van der Waals surface area contributed by atoms with E-state index in [2.05, 4.69) is 30.9 Å². The van der Waals surface area contributed by atoms with E-state index in [4.69, 9.17) is 6.57 Å². The lowest BCUT2D eigenvalue weighted by atomic mass is 10.1. The molecule has 0 bridgehead atoms. The average Bonchev–Trinajstić information content (AvgIpc) is 3.07. The van der Waals surface area contributed by atoms with Gasteiger partial charge in [-0.2, -0.15) is 5.10 Å². The van der Waals surface area contributed by atoms with Gasteiger partial charge in [0.1, 0.15) is 0 Å². The summed E-state index contributed by atoms with van der Waals surface area (Å²) in [5, 5.41) is 7.21. The van der Waals surface area contributed by atoms with E-state index in [1.807, 2.05) is 44.6 Å². The van der Waals surface area contributed by atoms with Gasteiger partial charge >= 0.3 is 0 Å². The minimum Gasteiger partial charge on any atom is -0.361 e. The molecule has 1 aromatic heterocycles. The number of nitrogens with zero attached hydrogens (tertiary/aromatic N) is 4. The van der Waals surface area contributed by atoms with E-state index >= 15 is 0 Å². The minimum absolute atomic E-state index is 0.626. The van der Waals surface area contributed by atoms with Gasteiger partial charge in [0.15, 0.2) is 5.69 Å². The number of aromatic amines is 1. The predicted molar refractivity (Wildman–Crippen MR) is 79.3 cm³/mol. The van der Waals surface area contributed by atoms with Crippen LogP contribution in [0.5, 0.6) is 0 Å². The molecule has 0 amide bonds. The Labute approximate surface area is 118 Å². The molecule has 0 radical (unpaired) electrons. The summed E-state index contributed by atoms with van der Waals surface area (Å²) in [6.45, 7) is 10.0. The van der Waals surface area contributed by atoms with Crippen molar-refractivity contribution in [2.75, 3.05) is 18.6 Å². The monoisotopic (exact) mass is 265 g/mol. The number of hydrogen-bond donors (Lipinski definition) is 1. The molecule has 1 aliphatic rings. The lowest BCUT2D eigenvalue weighted by molar-refractivity contribution is 0.496. The summed E-state index contributed by atoms with van der Waals surface area (Å²) in [4.78, 5) is 7.76. The Morgan fingerprint density at radius 3 is 2.70 bits per heavy atom. The van der Waals surface area contributed by atoms with Gasteiger partial charge in [0.25, 0.3) is 0 Å². The first-order chi connectivity index (χ1) is 9.65. The predicted octanol–water partition coefficient (Wildman–Crippen LogP) is 3.12. The molecule has 0 aliphatic carbocycles. The van der Waals surface area contributed by atoms with E-state index < -0.39 is 0 Å². The van der Waals surface area contributed by atoms with Gasteiger partial charge in [-0.1, -0.05) is 0 Å². The van der Waals surface area contributed by atoms with E-state index in [9.17, 15) is 0 Å². The zero-order chi connectivity index (χ0) is 14.1. The number of rotatable bonds is 2. The molecule has 5 nitrogen and oxygen atoms in total. The molecule has 1 N–H and O–H groups in total. The van der Waals surface area contributed by atoms with Crippen LogP contribution < -0.4 is 4.90 Å². The molecule has 1 aliphatic heterocycles. The molecule has 3 rings (SSSR count). The van der Waals surface area contributed by atoms with Crippen molar-refractivity contribution < 1.29 is 0 Å². The van der Waals surface area contributed by atoms with Crippen LogP contribution in [0.15, 0.2) is 36.7 Å². The van der Waals surface area contributed by atoms with Crippen molar-refractivity contribution in [3.63, 3.8) is 0 Å². The van der Waals surface area contributed by atoms with Crippen LogP contribution in [-0.4, -0.2) is 28.8 Å². The lowest BCUT2D eigenvalue weighted by Crippen LogP contribution is -2.21. The molecular weight excluding hydrogens is 250 g/mol. The zero-order valence-electron chi connectivity index (χ0n) is 11.5. The summed E-state index contributed by atoms with van der Waals surface area (Å²) in [6, 6.07) is 7.82. The molecule has 5 heteroatoms. The summed E-state index contributed by atoms with van der Waals surface area (Å²) in [5.74, 6) is 0. The second kappa shape index (κ2) is 4.74. The third kappa shape index (κ3) is 2.24. The van der Waals surface area contributed by atoms with Crippen molar-refractivity contribution in [2.45, 2.75) is 6.92 Å². The average molecular weight is 265 g/mol. The van der Waals surface area contributed by atoms with Gasteiger partial charge in [-0.15, -0.1) is 0 Å². The molecule has 0 fully saturated rings. The lowest BCUT2D eigenvalue weighted by Gasteiger charge is -2.19. The largest absolute Gasteiger partial charge is 0.361 e. The first-order valence-corrected chi connectivity index (χ1v) is 6.36. The Hall–Kier alpha value is -2.74. The van der Waals surface area contributed by atoms with Crippen LogP contribution in [0.1, 0.15) is 5.69 Å². The van der Waals surface area contributed by atoms with Crippen LogP contribution in [0.2, 0.25) is 0 Å². The maximum Gasteiger partial charge on any atom is 0.189 e. The number of anilines is 1. The second-order valence-electron chi connectivity index (χ2n) is 4.95. The molecule has 0 atom stereocenters. The van der Waals surface area contributed by atoms with Gasteiger partial charge < -0.3 is 9.80 Å². The third-order valence-electron chi connectivity index (χ3n) is 3.24. The SMILES string of the molecule is [C-]#[N+]c1cc(-c2cc(C)[nH]n2)cc(N2C=CN(C)C2)c1. The van der Waals surface area contributed by atoms with E-state index in [0.29, 0.717) is 5.69 Å². The second-order valence-corrected chi connectivity index (χ2v) is 4.95. The minimum atomic E-state index is 0.626. The summed E-state index contributed by atoms with van der Waals surface area (Å²) in [6.07, 6.45) is 4.03. The number of nitrogens with one attached hydrogen (secondary N) is 1. The fourth-order valence-electron chi connectivity index (χ4n) is 2.24. The van der Waals surface area contributed by atoms with Crippen molar-refractivity contribution in [1.29, 1.82) is 0 Å². The number of hydrogen-bond acceptors (Lipinski definition) is 3. The van der Waals surface area contributed by atoms with Crippen molar-refractivity contribution in [2.24, 2.45) is 0 Å². The Morgan fingerprint density at radius 2 is 2.10 bits per heavy atom. The van der Waals surface area contributed by atoms with Crippen LogP contribution in [0.4, 0.5) is 11.4 Å². The van der Waals surface area contributed by atoms with Crippen LogP contribution in [0.25, 0.3) is 16.1 Å². The summed E-state index contributed by atoms with van der Waals surface area (Å²) in [7, 11) is 2.02. The molecule has 1 aromatic carbocycles. The Balaban J connectivity index is 2.04. The summed E-state index contributed by atoms with van der Waals surface area (Å²) >= 11 is 0. The maximum atomic E-state index is 7.26. The van der Waals surface area contributed by atoms with Crippen LogP contribution in [0.3, 0.4) is 0 Å². The Bertz CT molecular complexity index is 707. The number of benzene rings is 1. The first-order valence-electron chi connectivity index (χ1n) is 6.36. The van der Waals surface area contributed by atoms with Crippen LogP contribution >= 0.6 is 0 Å². The Kier molecular flexibility index (Phi) is 2.92. The van der Waals surface area contributed by atoms with E-state index in [1.54, 1.807) is 0 Å². The Morgan fingerprint density at radius 1 is 1.25 bits per heavy atom. The topological polar surface area (TPSA) is 39.5 Å². The highest BCUT2D eigenvalue weighted by atomic mass is 15.3. The molecule has 0 saturated heterocycles. The third-order valence-corrected chi connectivity index (χ3v) is 3.24. The maximum absolute atomic E-state index is 7.26. The van der Waals surface area contributed by atoms with E-state index in [0.717, 1.165) is 29.3 Å². The highest BCUT2D eigenvalue weighted by Gasteiger charge is 2.13. The molecule has 2 heterocycles. The van der Waals surface area contributed by atoms with Crippen molar-refractivity contribution in [3.05, 3.63) is 53.8 Å². The van der Waals surface area contributed by atoms with Crippen molar-refractivity contribution >= 4 is 11.4 Å². The highest BCUT2D eigenvalue weighted by molar-refractivity contribution is 5.73. The van der Waals surface area contributed by atoms with E-state index in [1.165, 1.54) is 0 Å². The number of H-pyrrole nitrogens is 1. The quantitative estimate of drug-likeness (QED) is 0.848. The number of aryl methyl sites for hydroxylation is 1. The van der Waals surface area contributed by atoms with Crippen LogP contribution in [-0.2, 0) is 0 Å². The van der Waals surface area contributed by atoms with Gasteiger partial charge in [0.05, 0.1) is 18.9 Å². The fraction of sp³-hybridized carbons (Fsp3) is 0.200. The number of aromatic nitrogens is 2. The molecule has 100 valence electrons. The summed E-state index contributed by atoms with van der Waals surface area (Å²) < 4.78 is 0. The van der Waals surface area contributed by atoms with Gasteiger partial charge in [-0.05, 0) is 36.8 Å². The fourth-order valence-corrected chi connectivity index (χ4v) is 2.24. The molecular formula is C15H15N5. The van der Waals surface area contributed by atoms with Crippen molar-refractivity contribution in [3.8, 4) is 11.3 Å². The van der Waals surface area contributed by atoms with Gasteiger partial charge in [0.2, 0.25) is 0 Å². The molecule has 20 heavy (non-hydrogen) atoms. The van der Waals surface area contributed by atoms with Gasteiger partial charge in [0, 0.05) is 30.8 Å². The van der Waals surface area contributed by atoms with Crippen LogP contribution in [0, 0.1) is 13.5 Å². The standard InChI is InChI=1S/C15H15N5/c1-11-6-15(18-17-11)12-7-13(16-2)9-14(8-12)20-5-4-19(3)10-20/h4-9H,10H2,1,3H3,(H,17,18). The van der Waals surface area contributed by atoms with Gasteiger partial charge in [-0.3, -0.25) is 5.10 Å². The molecule has 0 unspecified atom stereocenters. The van der Waals surface area contributed by atoms with Gasteiger partial charge in [-0.25, -0.2) is 4.85 Å². The smallest absolute Gasteiger partial charge is 0.189 e. The van der Waals surface area contributed by atoms with E-state index in [-0.39, 0.29) is 0 Å². The van der Waals surface area contributed by atoms with Crippen molar-refractivity contribution in [1.82, 2.24) is 15.1 Å². The molecule has 2 aromatic rings. The molecule has 0 spiro atoms. The zero-order valence-corrected chi connectivity index (χ0v) is 11.5. The highest BCUT2D eigenvalue weighted by Crippen LogP contribution is 2.31. The molecule has 0 saturated carbocycles.